The Balaban J connectivity index is 1.92. The summed E-state index contributed by atoms with van der Waals surface area (Å²) in [7, 11) is -1.60. The highest BCUT2D eigenvalue weighted by Crippen LogP contribution is 2.31. The van der Waals surface area contributed by atoms with Gasteiger partial charge in [-0.1, -0.05) is 24.3 Å². The Morgan fingerprint density at radius 1 is 1.08 bits per heavy atom. The summed E-state index contributed by atoms with van der Waals surface area (Å²) in [6.45, 7) is 1.83. The van der Waals surface area contributed by atoms with Crippen molar-refractivity contribution >= 4 is 26.6 Å². The van der Waals surface area contributed by atoms with E-state index in [0.29, 0.717) is 5.65 Å². The van der Waals surface area contributed by atoms with Gasteiger partial charge in [0.2, 0.25) is 0 Å². The van der Waals surface area contributed by atoms with Gasteiger partial charge in [0.05, 0.1) is 4.90 Å². The Hall–Kier alpha value is -2.44. The second-order valence-corrected chi connectivity index (χ2v) is 8.09. The van der Waals surface area contributed by atoms with Crippen LogP contribution in [-0.4, -0.2) is 42.4 Å². The first-order chi connectivity index (χ1) is 12.1. The van der Waals surface area contributed by atoms with Crippen LogP contribution < -0.4 is 0 Å². The lowest BCUT2D eigenvalue weighted by Crippen LogP contribution is -2.23. The summed E-state index contributed by atoms with van der Waals surface area (Å²) in [6, 6.07) is 12.3. The van der Waals surface area contributed by atoms with Crippen LogP contribution in [0.1, 0.15) is 12.0 Å². The third-order valence-corrected chi connectivity index (χ3v) is 6.25. The van der Waals surface area contributed by atoms with Crippen LogP contribution in [0.25, 0.3) is 16.6 Å². The molecule has 0 radical (unpaired) electrons. The molecule has 128 valence electrons. The van der Waals surface area contributed by atoms with Crippen molar-refractivity contribution in [3.63, 3.8) is 0 Å². The first kappa shape index (κ1) is 16.1. The number of fused-ring (bicyclic) bond motifs is 1. The summed E-state index contributed by atoms with van der Waals surface area (Å²) in [5.41, 5.74) is 2.61. The Morgan fingerprint density at radius 3 is 2.60 bits per heavy atom. The monoisotopic (exact) mass is 353 g/mol. The lowest BCUT2D eigenvalue weighted by atomic mass is 10.00. The molecule has 3 aromatic rings. The van der Waals surface area contributed by atoms with E-state index in [9.17, 15) is 8.42 Å². The largest absolute Gasteiger partial charge is 0.302 e. The van der Waals surface area contributed by atoms with Crippen molar-refractivity contribution in [3.8, 4) is 0 Å². The van der Waals surface area contributed by atoms with Crippen LogP contribution >= 0.6 is 0 Å². The van der Waals surface area contributed by atoms with Gasteiger partial charge in [0.15, 0.2) is 5.65 Å². The second kappa shape index (κ2) is 6.13. The normalized spacial score (nSPS) is 16.1. The van der Waals surface area contributed by atoms with E-state index < -0.39 is 10.0 Å². The van der Waals surface area contributed by atoms with E-state index in [1.54, 1.807) is 42.7 Å². The van der Waals surface area contributed by atoms with Gasteiger partial charge in [-0.05, 0) is 43.3 Å². The first-order valence-corrected chi connectivity index (χ1v) is 9.66. The molecular weight excluding hydrogens is 334 g/mol. The molecule has 0 unspecified atom stereocenters. The van der Waals surface area contributed by atoms with E-state index in [0.717, 1.165) is 30.5 Å². The minimum absolute atomic E-state index is 0.265. The minimum atomic E-state index is -3.68. The van der Waals surface area contributed by atoms with Gasteiger partial charge in [0, 0.05) is 36.4 Å². The van der Waals surface area contributed by atoms with Crippen molar-refractivity contribution in [2.24, 2.45) is 0 Å². The highest BCUT2D eigenvalue weighted by molar-refractivity contribution is 7.90. The first-order valence-electron chi connectivity index (χ1n) is 8.22. The number of pyridine rings is 1. The molecule has 1 aliphatic heterocycles. The molecule has 0 saturated carbocycles. The molecule has 0 fully saturated rings. The van der Waals surface area contributed by atoms with Crippen LogP contribution in [0.4, 0.5) is 0 Å². The quantitative estimate of drug-likeness (QED) is 0.726. The van der Waals surface area contributed by atoms with Crippen LogP contribution in [0.2, 0.25) is 0 Å². The molecule has 3 heterocycles. The fourth-order valence-corrected chi connectivity index (χ4v) is 4.54. The molecule has 0 aliphatic carbocycles. The maximum Gasteiger partial charge on any atom is 0.269 e. The van der Waals surface area contributed by atoms with Gasteiger partial charge in [-0.15, -0.1) is 0 Å². The zero-order valence-corrected chi connectivity index (χ0v) is 14.8. The smallest absolute Gasteiger partial charge is 0.269 e. The molecule has 1 aliphatic rings. The van der Waals surface area contributed by atoms with Crippen molar-refractivity contribution in [2.45, 2.75) is 11.3 Å². The second-order valence-electron chi connectivity index (χ2n) is 6.27. The standard InChI is InChI=1S/C19H19N3O2S/c1-21-12-9-15(10-13-21)18-14-22(19-17(18)8-5-11-20-19)25(23,24)16-6-3-2-4-7-16/h2-9,11,14H,10,12-13H2,1H3. The van der Waals surface area contributed by atoms with Gasteiger partial charge in [-0.2, -0.15) is 0 Å². The Bertz CT molecular complexity index is 1050. The SMILES string of the molecule is CN1CC=C(c2cn(S(=O)(=O)c3ccccc3)c3ncccc23)CC1. The number of rotatable bonds is 3. The highest BCUT2D eigenvalue weighted by atomic mass is 32.2. The Kier molecular flexibility index (Phi) is 3.94. The van der Waals surface area contributed by atoms with Gasteiger partial charge in [-0.3, -0.25) is 0 Å². The molecule has 0 N–H and O–H groups in total. The number of likely N-dealkylation sites (N-methyl/N-ethyl adjacent to an activating group) is 1. The maximum absolute atomic E-state index is 13.1. The summed E-state index contributed by atoms with van der Waals surface area (Å²) < 4.78 is 27.5. The van der Waals surface area contributed by atoms with Crippen LogP contribution in [0.3, 0.4) is 0 Å². The van der Waals surface area contributed by atoms with Gasteiger partial charge in [0.1, 0.15) is 0 Å². The van der Waals surface area contributed by atoms with Gasteiger partial charge >= 0.3 is 0 Å². The van der Waals surface area contributed by atoms with E-state index in [1.807, 2.05) is 12.1 Å². The topological polar surface area (TPSA) is 55.2 Å². The number of aromatic nitrogens is 2. The molecule has 2 aromatic heterocycles. The van der Waals surface area contributed by atoms with Gasteiger partial charge < -0.3 is 4.90 Å². The molecule has 25 heavy (non-hydrogen) atoms. The summed E-state index contributed by atoms with van der Waals surface area (Å²) in [5.74, 6) is 0. The molecular formula is C19H19N3O2S. The van der Waals surface area contributed by atoms with Crippen molar-refractivity contribution < 1.29 is 8.42 Å². The Morgan fingerprint density at radius 2 is 1.88 bits per heavy atom. The van der Waals surface area contributed by atoms with E-state index in [1.165, 1.54) is 9.55 Å². The van der Waals surface area contributed by atoms with Crippen molar-refractivity contribution in [3.05, 3.63) is 66.5 Å². The number of nitrogens with zero attached hydrogens (tertiary/aromatic N) is 3. The van der Waals surface area contributed by atoms with Gasteiger partial charge in [-0.25, -0.2) is 17.4 Å². The molecule has 6 heteroatoms. The molecule has 4 rings (SSSR count). The predicted octanol–water partition coefficient (Wildman–Crippen LogP) is 2.99. The Labute approximate surface area is 147 Å². The molecule has 0 amide bonds. The number of hydrogen-bond acceptors (Lipinski definition) is 4. The van der Waals surface area contributed by atoms with Gasteiger partial charge in [0.25, 0.3) is 10.0 Å². The summed E-state index contributed by atoms with van der Waals surface area (Å²) in [4.78, 5) is 6.85. The summed E-state index contributed by atoms with van der Waals surface area (Å²) >= 11 is 0. The lowest BCUT2D eigenvalue weighted by Gasteiger charge is -2.21. The van der Waals surface area contributed by atoms with Crippen molar-refractivity contribution in [1.29, 1.82) is 0 Å². The number of hydrogen-bond donors (Lipinski definition) is 0. The predicted molar refractivity (Wildman–Crippen MR) is 98.8 cm³/mol. The fraction of sp³-hybridized carbons (Fsp3) is 0.211. The molecule has 5 nitrogen and oxygen atoms in total. The maximum atomic E-state index is 13.1. The zero-order valence-electron chi connectivity index (χ0n) is 14.0. The van der Waals surface area contributed by atoms with Crippen LogP contribution in [0.15, 0.2) is 65.8 Å². The van der Waals surface area contributed by atoms with E-state index in [2.05, 4.69) is 23.0 Å². The molecule has 0 saturated heterocycles. The molecule has 0 spiro atoms. The van der Waals surface area contributed by atoms with E-state index >= 15 is 0 Å². The van der Waals surface area contributed by atoms with Crippen LogP contribution in [-0.2, 0) is 10.0 Å². The van der Waals surface area contributed by atoms with E-state index in [4.69, 9.17) is 0 Å². The van der Waals surface area contributed by atoms with Crippen molar-refractivity contribution in [2.75, 3.05) is 20.1 Å². The molecule has 0 atom stereocenters. The summed E-state index contributed by atoms with van der Waals surface area (Å²) in [5, 5.41) is 0.873. The molecule has 1 aromatic carbocycles. The fourth-order valence-electron chi connectivity index (χ4n) is 3.19. The minimum Gasteiger partial charge on any atom is -0.302 e. The third kappa shape index (κ3) is 2.77. The average molecular weight is 353 g/mol. The zero-order chi connectivity index (χ0) is 17.4. The summed E-state index contributed by atoms with van der Waals surface area (Å²) in [6.07, 6.45) is 6.42. The van der Waals surface area contributed by atoms with E-state index in [-0.39, 0.29) is 4.90 Å². The third-order valence-electron chi connectivity index (χ3n) is 4.59. The van der Waals surface area contributed by atoms with Crippen LogP contribution in [0.5, 0.6) is 0 Å². The average Bonchev–Trinajstić information content (AvgIpc) is 3.04. The van der Waals surface area contributed by atoms with Crippen LogP contribution in [0, 0.1) is 0 Å². The molecule has 0 bridgehead atoms. The lowest BCUT2D eigenvalue weighted by molar-refractivity contribution is 0.370. The highest BCUT2D eigenvalue weighted by Gasteiger charge is 2.23. The van der Waals surface area contributed by atoms with Crippen molar-refractivity contribution in [1.82, 2.24) is 13.9 Å². The number of benzene rings is 1.